The number of ether oxygens (including phenoxy) is 1. The molecule has 6 heteroatoms. The van der Waals surface area contributed by atoms with E-state index in [0.29, 0.717) is 10.6 Å². The van der Waals surface area contributed by atoms with Gasteiger partial charge >= 0.3 is 5.97 Å². The van der Waals surface area contributed by atoms with Gasteiger partial charge in [0, 0.05) is 5.56 Å². The Balaban J connectivity index is 2.34. The van der Waals surface area contributed by atoms with Gasteiger partial charge in [-0.2, -0.15) is 0 Å². The monoisotopic (exact) mass is 300 g/mol. The summed E-state index contributed by atoms with van der Waals surface area (Å²) < 4.78 is 9.74. The molecule has 0 spiro atoms. The van der Waals surface area contributed by atoms with Crippen LogP contribution in [0, 0.1) is 0 Å². The van der Waals surface area contributed by atoms with Gasteiger partial charge in [-0.3, -0.25) is 0 Å². The lowest BCUT2D eigenvalue weighted by atomic mass is 10.1. The molecule has 0 saturated heterocycles. The number of hydrogen-bond donors (Lipinski definition) is 1. The van der Waals surface area contributed by atoms with Gasteiger partial charge in [0.15, 0.2) is 0 Å². The lowest BCUT2D eigenvalue weighted by molar-refractivity contribution is 0.0558. The fourth-order valence-corrected chi connectivity index (χ4v) is 2.01. The summed E-state index contributed by atoms with van der Waals surface area (Å²) in [5.41, 5.74) is 0.403. The molecule has 100 valence electrons. The van der Waals surface area contributed by atoms with Crippen LogP contribution in [0.5, 0.6) is 0 Å². The normalized spacial score (nSPS) is 12.2. The smallest absolute Gasteiger partial charge is 0.373 e. The quantitative estimate of drug-likeness (QED) is 0.882. The molecule has 4 nitrogen and oxygen atoms in total. The van der Waals surface area contributed by atoms with Gasteiger partial charge in [0.1, 0.15) is 11.9 Å². The Morgan fingerprint density at radius 3 is 2.74 bits per heavy atom. The van der Waals surface area contributed by atoms with E-state index in [1.807, 2.05) is 0 Å². The Hall–Kier alpha value is -1.49. The molecule has 1 atom stereocenters. The largest absolute Gasteiger partial charge is 0.463 e. The van der Waals surface area contributed by atoms with Crippen LogP contribution in [-0.4, -0.2) is 18.2 Å². The third-order valence-corrected chi connectivity index (χ3v) is 3.39. The molecule has 0 saturated carbocycles. The minimum absolute atomic E-state index is 0.00898. The topological polar surface area (TPSA) is 59.7 Å². The zero-order valence-corrected chi connectivity index (χ0v) is 11.4. The number of rotatable bonds is 3. The van der Waals surface area contributed by atoms with Crippen molar-refractivity contribution in [3.05, 3.63) is 57.5 Å². The van der Waals surface area contributed by atoms with E-state index in [1.165, 1.54) is 19.2 Å². The van der Waals surface area contributed by atoms with E-state index in [4.69, 9.17) is 27.6 Å². The number of aliphatic hydroxyl groups excluding tert-OH is 1. The van der Waals surface area contributed by atoms with Crippen molar-refractivity contribution in [2.24, 2.45) is 0 Å². The summed E-state index contributed by atoms with van der Waals surface area (Å²) in [7, 11) is 1.24. The van der Waals surface area contributed by atoms with Crippen molar-refractivity contribution >= 4 is 29.2 Å². The van der Waals surface area contributed by atoms with E-state index in [9.17, 15) is 9.90 Å². The first-order valence-electron chi connectivity index (χ1n) is 5.34. The molecule has 1 aromatic heterocycles. The van der Waals surface area contributed by atoms with Crippen LogP contribution < -0.4 is 0 Å². The third-order valence-electron chi connectivity index (χ3n) is 2.56. The summed E-state index contributed by atoms with van der Waals surface area (Å²) >= 11 is 11.9. The zero-order valence-electron chi connectivity index (χ0n) is 9.89. The molecule has 1 unspecified atom stereocenters. The van der Waals surface area contributed by atoms with Crippen molar-refractivity contribution in [2.75, 3.05) is 7.11 Å². The van der Waals surface area contributed by atoms with Crippen molar-refractivity contribution in [2.45, 2.75) is 6.10 Å². The molecular formula is C13H10Cl2O4. The maximum Gasteiger partial charge on any atom is 0.373 e. The standard InChI is InChI=1S/C13H10Cl2O4/c1-18-13(17)10-6-5-9(19-10)12(16)7-3-2-4-8(14)11(7)15/h2-6,12,16H,1H3. The van der Waals surface area contributed by atoms with Crippen LogP contribution in [0.3, 0.4) is 0 Å². The predicted molar refractivity (Wildman–Crippen MR) is 70.6 cm³/mol. The summed E-state index contributed by atoms with van der Waals surface area (Å²) in [6, 6.07) is 7.80. The average Bonchev–Trinajstić information content (AvgIpc) is 2.90. The molecule has 2 rings (SSSR count). The van der Waals surface area contributed by atoms with E-state index in [-0.39, 0.29) is 16.5 Å². The summed E-state index contributed by atoms with van der Waals surface area (Å²) in [4.78, 5) is 11.3. The van der Waals surface area contributed by atoms with Gasteiger partial charge in [0.05, 0.1) is 17.2 Å². The fraction of sp³-hybridized carbons (Fsp3) is 0.154. The molecule has 0 amide bonds. The number of carbonyl (C=O) groups excluding carboxylic acids is 1. The van der Waals surface area contributed by atoms with Crippen molar-refractivity contribution in [3.63, 3.8) is 0 Å². The first-order chi connectivity index (χ1) is 9.04. The van der Waals surface area contributed by atoms with Gasteiger partial charge in [-0.1, -0.05) is 35.3 Å². The van der Waals surface area contributed by atoms with E-state index in [1.54, 1.807) is 18.2 Å². The molecule has 0 radical (unpaired) electrons. The number of esters is 1. The lowest BCUT2D eigenvalue weighted by Gasteiger charge is -2.10. The number of aliphatic hydroxyl groups is 1. The van der Waals surface area contributed by atoms with Gasteiger partial charge < -0.3 is 14.3 Å². The Kier molecular flexibility index (Phi) is 4.14. The molecule has 0 bridgehead atoms. The second-order valence-electron chi connectivity index (χ2n) is 3.74. The second kappa shape index (κ2) is 5.65. The molecule has 1 N–H and O–H groups in total. The summed E-state index contributed by atoms with van der Waals surface area (Å²) in [6.45, 7) is 0. The molecule has 0 aliphatic rings. The Labute approximate surface area is 119 Å². The summed E-state index contributed by atoms with van der Waals surface area (Å²) in [5, 5.41) is 10.8. The van der Waals surface area contributed by atoms with E-state index in [0.717, 1.165) is 0 Å². The SMILES string of the molecule is COC(=O)c1ccc(C(O)c2cccc(Cl)c2Cl)o1. The first kappa shape index (κ1) is 13.9. The molecule has 0 fully saturated rings. The highest BCUT2D eigenvalue weighted by Gasteiger charge is 2.20. The Bertz CT molecular complexity index is 606. The Morgan fingerprint density at radius 1 is 1.32 bits per heavy atom. The van der Waals surface area contributed by atoms with Gasteiger partial charge in [0.25, 0.3) is 0 Å². The van der Waals surface area contributed by atoms with Crippen LogP contribution in [0.4, 0.5) is 0 Å². The van der Waals surface area contributed by atoms with Crippen molar-refractivity contribution in [3.8, 4) is 0 Å². The summed E-state index contributed by atoms with van der Waals surface area (Å²) in [6.07, 6.45) is -1.11. The molecule has 1 aromatic carbocycles. The van der Waals surface area contributed by atoms with Crippen molar-refractivity contribution in [1.82, 2.24) is 0 Å². The number of methoxy groups -OCH3 is 1. The van der Waals surface area contributed by atoms with Crippen LogP contribution in [0.25, 0.3) is 0 Å². The third kappa shape index (κ3) is 2.76. The molecule has 1 heterocycles. The van der Waals surface area contributed by atoms with Crippen LogP contribution in [0.1, 0.15) is 28.0 Å². The van der Waals surface area contributed by atoms with Crippen LogP contribution in [0.15, 0.2) is 34.7 Å². The number of furan rings is 1. The maximum absolute atomic E-state index is 11.3. The molecule has 0 aliphatic carbocycles. The van der Waals surface area contributed by atoms with Gasteiger partial charge in [-0.05, 0) is 18.2 Å². The number of hydrogen-bond acceptors (Lipinski definition) is 4. The maximum atomic E-state index is 11.3. The summed E-state index contributed by atoms with van der Waals surface area (Å²) in [5.74, 6) is -0.421. The molecular weight excluding hydrogens is 291 g/mol. The molecule has 0 aliphatic heterocycles. The van der Waals surface area contributed by atoms with Gasteiger partial charge in [0.2, 0.25) is 5.76 Å². The highest BCUT2D eigenvalue weighted by Crippen LogP contribution is 2.33. The minimum Gasteiger partial charge on any atom is -0.463 e. The number of halogens is 2. The minimum atomic E-state index is -1.11. The van der Waals surface area contributed by atoms with Gasteiger partial charge in [-0.15, -0.1) is 0 Å². The number of benzene rings is 1. The average molecular weight is 301 g/mol. The van der Waals surface area contributed by atoms with Crippen molar-refractivity contribution < 1.29 is 19.1 Å². The highest BCUT2D eigenvalue weighted by molar-refractivity contribution is 6.42. The van der Waals surface area contributed by atoms with E-state index >= 15 is 0 Å². The zero-order chi connectivity index (χ0) is 14.0. The molecule has 19 heavy (non-hydrogen) atoms. The number of carbonyl (C=O) groups is 1. The predicted octanol–water partition coefficient (Wildman–Crippen LogP) is 3.45. The second-order valence-corrected chi connectivity index (χ2v) is 4.52. The van der Waals surface area contributed by atoms with Crippen LogP contribution in [-0.2, 0) is 4.74 Å². The molecule has 2 aromatic rings. The van der Waals surface area contributed by atoms with Crippen LogP contribution >= 0.6 is 23.2 Å². The van der Waals surface area contributed by atoms with E-state index < -0.39 is 12.1 Å². The van der Waals surface area contributed by atoms with Crippen LogP contribution in [0.2, 0.25) is 10.0 Å². The lowest BCUT2D eigenvalue weighted by Crippen LogP contribution is -2.01. The Morgan fingerprint density at radius 2 is 2.05 bits per heavy atom. The highest BCUT2D eigenvalue weighted by atomic mass is 35.5. The van der Waals surface area contributed by atoms with Gasteiger partial charge in [-0.25, -0.2) is 4.79 Å². The van der Waals surface area contributed by atoms with Crippen molar-refractivity contribution in [1.29, 1.82) is 0 Å². The first-order valence-corrected chi connectivity index (χ1v) is 6.10. The van der Waals surface area contributed by atoms with E-state index in [2.05, 4.69) is 4.74 Å². The fourth-order valence-electron chi connectivity index (χ4n) is 1.60.